The van der Waals surface area contributed by atoms with E-state index < -0.39 is 10.0 Å². The molecule has 0 fully saturated rings. The summed E-state index contributed by atoms with van der Waals surface area (Å²) in [6.45, 7) is 2.23. The standard InChI is InChI=1S/C14H17ClN2O3S/c1-10-3-5-12(20-10)9-17(2)21(18,19)13-6-4-11(8-16)14(15)7-13/h3-7H,8-9,16H2,1-2H3. The molecule has 0 saturated heterocycles. The largest absolute Gasteiger partial charge is 0.465 e. The van der Waals surface area contributed by atoms with Gasteiger partial charge in [0.15, 0.2) is 0 Å². The fraction of sp³-hybridized carbons (Fsp3) is 0.286. The summed E-state index contributed by atoms with van der Waals surface area (Å²) in [5, 5.41) is 0.348. The van der Waals surface area contributed by atoms with Crippen LogP contribution in [0.15, 0.2) is 39.6 Å². The first-order valence-corrected chi connectivity index (χ1v) is 8.16. The zero-order valence-corrected chi connectivity index (χ0v) is 13.4. The van der Waals surface area contributed by atoms with E-state index in [1.807, 2.05) is 6.92 Å². The minimum atomic E-state index is -3.63. The van der Waals surface area contributed by atoms with Crippen LogP contribution in [0.25, 0.3) is 0 Å². The minimum absolute atomic E-state index is 0.135. The van der Waals surface area contributed by atoms with Crippen molar-refractivity contribution in [2.45, 2.75) is 24.9 Å². The molecule has 21 heavy (non-hydrogen) atoms. The lowest BCUT2D eigenvalue weighted by atomic mass is 10.2. The molecule has 0 radical (unpaired) electrons. The van der Waals surface area contributed by atoms with Crippen molar-refractivity contribution >= 4 is 21.6 Å². The maximum atomic E-state index is 12.5. The lowest BCUT2D eigenvalue weighted by Gasteiger charge is -2.16. The molecular formula is C14H17ClN2O3S. The highest BCUT2D eigenvalue weighted by Crippen LogP contribution is 2.23. The summed E-state index contributed by atoms with van der Waals surface area (Å²) in [6.07, 6.45) is 0. The molecule has 5 nitrogen and oxygen atoms in total. The van der Waals surface area contributed by atoms with Crippen molar-refractivity contribution in [3.63, 3.8) is 0 Å². The van der Waals surface area contributed by atoms with Gasteiger partial charge in [0.05, 0.1) is 11.4 Å². The summed E-state index contributed by atoms with van der Waals surface area (Å²) in [5.41, 5.74) is 6.23. The molecule has 2 N–H and O–H groups in total. The van der Waals surface area contributed by atoms with Crippen molar-refractivity contribution in [2.75, 3.05) is 7.05 Å². The molecule has 2 aromatic rings. The minimum Gasteiger partial charge on any atom is -0.465 e. The lowest BCUT2D eigenvalue weighted by Crippen LogP contribution is -2.26. The van der Waals surface area contributed by atoms with Gasteiger partial charge in [-0.05, 0) is 36.8 Å². The molecule has 7 heteroatoms. The first-order valence-electron chi connectivity index (χ1n) is 6.34. The Morgan fingerprint density at radius 2 is 2.00 bits per heavy atom. The number of halogens is 1. The molecule has 1 aromatic carbocycles. The van der Waals surface area contributed by atoms with E-state index in [-0.39, 0.29) is 18.0 Å². The van der Waals surface area contributed by atoms with Crippen molar-refractivity contribution in [3.8, 4) is 0 Å². The number of nitrogens with zero attached hydrogens (tertiary/aromatic N) is 1. The average Bonchev–Trinajstić information content (AvgIpc) is 2.83. The number of hydrogen-bond acceptors (Lipinski definition) is 4. The van der Waals surface area contributed by atoms with Gasteiger partial charge in [-0.15, -0.1) is 0 Å². The van der Waals surface area contributed by atoms with Crippen LogP contribution in [-0.2, 0) is 23.1 Å². The summed E-state index contributed by atoms with van der Waals surface area (Å²) < 4.78 is 31.6. The second-order valence-electron chi connectivity index (χ2n) is 4.73. The molecule has 0 aliphatic rings. The number of benzene rings is 1. The molecule has 0 aliphatic heterocycles. The Hall–Kier alpha value is -1.34. The van der Waals surface area contributed by atoms with Crippen LogP contribution in [0.4, 0.5) is 0 Å². The maximum Gasteiger partial charge on any atom is 0.243 e. The van der Waals surface area contributed by atoms with E-state index >= 15 is 0 Å². The Labute approximate surface area is 129 Å². The molecule has 0 atom stereocenters. The zero-order valence-electron chi connectivity index (χ0n) is 11.8. The van der Waals surface area contributed by atoms with E-state index in [1.54, 1.807) is 18.2 Å². The highest BCUT2D eigenvalue weighted by atomic mass is 35.5. The van der Waals surface area contributed by atoms with Gasteiger partial charge in [0.2, 0.25) is 10.0 Å². The summed E-state index contributed by atoms with van der Waals surface area (Å²) in [7, 11) is -2.13. The number of aryl methyl sites for hydroxylation is 1. The van der Waals surface area contributed by atoms with E-state index in [0.29, 0.717) is 16.3 Å². The van der Waals surface area contributed by atoms with Crippen LogP contribution < -0.4 is 5.73 Å². The second kappa shape index (κ2) is 6.19. The average molecular weight is 329 g/mol. The van der Waals surface area contributed by atoms with Crippen LogP contribution in [0, 0.1) is 6.92 Å². The van der Waals surface area contributed by atoms with E-state index in [1.165, 1.54) is 23.5 Å². The second-order valence-corrected chi connectivity index (χ2v) is 7.18. The van der Waals surface area contributed by atoms with Gasteiger partial charge >= 0.3 is 0 Å². The normalized spacial score (nSPS) is 12.0. The van der Waals surface area contributed by atoms with Gasteiger partial charge in [0.25, 0.3) is 0 Å². The Bertz CT molecular complexity index is 740. The smallest absolute Gasteiger partial charge is 0.243 e. The monoisotopic (exact) mass is 328 g/mol. The fourth-order valence-corrected chi connectivity index (χ4v) is 3.39. The highest BCUT2D eigenvalue weighted by Gasteiger charge is 2.22. The van der Waals surface area contributed by atoms with Crippen LogP contribution in [0.5, 0.6) is 0 Å². The lowest BCUT2D eigenvalue weighted by molar-refractivity contribution is 0.397. The first-order chi connectivity index (χ1) is 9.84. The van der Waals surface area contributed by atoms with E-state index in [9.17, 15) is 8.42 Å². The number of nitrogens with two attached hydrogens (primary N) is 1. The molecule has 0 unspecified atom stereocenters. The van der Waals surface area contributed by atoms with Crippen molar-refractivity contribution in [3.05, 3.63) is 52.4 Å². The summed E-state index contributed by atoms with van der Waals surface area (Å²) >= 11 is 6.02. The van der Waals surface area contributed by atoms with Crippen molar-refractivity contribution < 1.29 is 12.8 Å². The van der Waals surface area contributed by atoms with Gasteiger partial charge in [-0.1, -0.05) is 17.7 Å². The third kappa shape index (κ3) is 3.47. The maximum absolute atomic E-state index is 12.5. The molecule has 0 saturated carbocycles. The Morgan fingerprint density at radius 1 is 1.29 bits per heavy atom. The number of hydrogen-bond donors (Lipinski definition) is 1. The van der Waals surface area contributed by atoms with E-state index in [4.69, 9.17) is 21.8 Å². The Balaban J connectivity index is 2.26. The van der Waals surface area contributed by atoms with Crippen molar-refractivity contribution in [2.24, 2.45) is 5.73 Å². The van der Waals surface area contributed by atoms with Gasteiger partial charge < -0.3 is 10.2 Å². The topological polar surface area (TPSA) is 76.5 Å². The molecule has 1 heterocycles. The zero-order chi connectivity index (χ0) is 15.6. The first kappa shape index (κ1) is 16.0. The van der Waals surface area contributed by atoms with Gasteiger partial charge in [0.1, 0.15) is 11.5 Å². The summed E-state index contributed by atoms with van der Waals surface area (Å²) in [4.78, 5) is 0.135. The van der Waals surface area contributed by atoms with E-state index in [2.05, 4.69) is 0 Å². The van der Waals surface area contributed by atoms with Crippen LogP contribution in [-0.4, -0.2) is 19.8 Å². The van der Waals surface area contributed by atoms with Crippen LogP contribution >= 0.6 is 11.6 Å². The molecular weight excluding hydrogens is 312 g/mol. The molecule has 1 aromatic heterocycles. The third-order valence-electron chi connectivity index (χ3n) is 3.13. The summed E-state index contributed by atoms with van der Waals surface area (Å²) in [5.74, 6) is 1.33. The molecule has 2 rings (SSSR count). The molecule has 0 aliphatic carbocycles. The molecule has 0 bridgehead atoms. The van der Waals surface area contributed by atoms with Crippen LogP contribution in [0.1, 0.15) is 17.1 Å². The SMILES string of the molecule is Cc1ccc(CN(C)S(=O)(=O)c2ccc(CN)c(Cl)c2)o1. The predicted molar refractivity (Wildman–Crippen MR) is 81.4 cm³/mol. The number of sulfonamides is 1. The number of rotatable bonds is 5. The Kier molecular flexibility index (Phi) is 4.73. The summed E-state index contributed by atoms with van der Waals surface area (Å²) in [6, 6.07) is 8.10. The van der Waals surface area contributed by atoms with E-state index in [0.717, 1.165) is 5.76 Å². The van der Waals surface area contributed by atoms with Gasteiger partial charge in [-0.25, -0.2) is 8.42 Å². The fourth-order valence-electron chi connectivity index (χ4n) is 1.91. The Morgan fingerprint density at radius 3 is 2.52 bits per heavy atom. The third-order valence-corrected chi connectivity index (χ3v) is 5.28. The highest BCUT2D eigenvalue weighted by molar-refractivity contribution is 7.89. The quantitative estimate of drug-likeness (QED) is 0.915. The van der Waals surface area contributed by atoms with Crippen molar-refractivity contribution in [1.82, 2.24) is 4.31 Å². The van der Waals surface area contributed by atoms with Crippen LogP contribution in [0.3, 0.4) is 0 Å². The van der Waals surface area contributed by atoms with Gasteiger partial charge in [0, 0.05) is 18.6 Å². The van der Waals surface area contributed by atoms with Gasteiger partial charge in [-0.3, -0.25) is 0 Å². The predicted octanol–water partition coefficient (Wildman–Crippen LogP) is 2.52. The number of furan rings is 1. The molecule has 114 valence electrons. The molecule has 0 spiro atoms. The van der Waals surface area contributed by atoms with Gasteiger partial charge in [-0.2, -0.15) is 4.31 Å². The van der Waals surface area contributed by atoms with Crippen molar-refractivity contribution in [1.29, 1.82) is 0 Å². The van der Waals surface area contributed by atoms with Crippen LogP contribution in [0.2, 0.25) is 5.02 Å². The molecule has 0 amide bonds.